The van der Waals surface area contributed by atoms with E-state index in [-0.39, 0.29) is 48.7 Å². The summed E-state index contributed by atoms with van der Waals surface area (Å²) in [6.07, 6.45) is 23.3. The zero-order valence-corrected chi connectivity index (χ0v) is 39.1. The Morgan fingerprint density at radius 3 is 1.62 bits per heavy atom. The van der Waals surface area contributed by atoms with Gasteiger partial charge < -0.3 is 42.5 Å². The topological polar surface area (TPSA) is 269 Å². The van der Waals surface area contributed by atoms with Gasteiger partial charge >= 0.3 is 11.9 Å². The minimum Gasteiger partial charge on any atom is -0.480 e. The summed E-state index contributed by atoms with van der Waals surface area (Å²) in [6.45, 7) is 4.72. The largest absolute Gasteiger partial charge is 0.480 e. The fourth-order valence-electron chi connectivity index (χ4n) is 7.77. The summed E-state index contributed by atoms with van der Waals surface area (Å²) in [4.78, 5) is 83.6. The van der Waals surface area contributed by atoms with Crippen molar-refractivity contribution in [1.82, 2.24) is 35.9 Å². The third kappa shape index (κ3) is 20.8. The molecule has 0 spiro atoms. The molecule has 9 N–H and O–H groups in total. The van der Waals surface area contributed by atoms with E-state index in [1.54, 1.807) is 30.5 Å². The number of aromatic nitrogens is 4. The summed E-state index contributed by atoms with van der Waals surface area (Å²) in [6, 6.07) is 3.04. The monoisotopic (exact) mass is 905 g/mol. The van der Waals surface area contributed by atoms with E-state index >= 15 is 0 Å². The van der Waals surface area contributed by atoms with Crippen molar-refractivity contribution in [1.29, 1.82) is 0 Å². The van der Waals surface area contributed by atoms with E-state index in [0.29, 0.717) is 30.6 Å². The van der Waals surface area contributed by atoms with E-state index < -0.39 is 47.8 Å². The first-order chi connectivity index (χ1) is 31.3. The summed E-state index contributed by atoms with van der Waals surface area (Å²) in [5.41, 5.74) is 13.8. The summed E-state index contributed by atoms with van der Waals surface area (Å²) in [5, 5.41) is 27.8. The van der Waals surface area contributed by atoms with Crippen molar-refractivity contribution in [3.63, 3.8) is 0 Å². The van der Waals surface area contributed by atoms with Crippen LogP contribution in [0.25, 0.3) is 11.2 Å². The van der Waals surface area contributed by atoms with Crippen LogP contribution < -0.4 is 32.3 Å². The minimum atomic E-state index is -1.28. The van der Waals surface area contributed by atoms with Gasteiger partial charge in [-0.05, 0) is 43.5 Å². The maximum absolute atomic E-state index is 13.7. The number of carbonyl (C=O) groups is 5. The van der Waals surface area contributed by atoms with E-state index in [1.807, 2.05) is 11.9 Å². The molecule has 0 aliphatic carbocycles. The van der Waals surface area contributed by atoms with Gasteiger partial charge in [-0.15, -0.1) is 0 Å². The molecule has 0 aliphatic heterocycles. The highest BCUT2D eigenvalue weighted by Gasteiger charge is 2.28. The lowest BCUT2D eigenvalue weighted by atomic mass is 10.0. The molecule has 1 aromatic carbocycles. The number of carbonyl (C=O) groups excluding carboxylic acids is 3. The Bertz CT molecular complexity index is 1920. The normalized spacial score (nSPS) is 12.6. The molecule has 0 bridgehead atoms. The van der Waals surface area contributed by atoms with Gasteiger partial charge in [0, 0.05) is 24.7 Å². The number of nitrogen functional groups attached to an aromatic ring is 2. The number of carboxylic acid groups (broad SMARTS) is 2. The molecule has 3 rings (SSSR count). The van der Waals surface area contributed by atoms with Crippen LogP contribution in [-0.4, -0.2) is 85.0 Å². The maximum Gasteiger partial charge on any atom is 0.326 e. The van der Waals surface area contributed by atoms with Crippen molar-refractivity contribution in [3.8, 4) is 0 Å². The summed E-state index contributed by atoms with van der Waals surface area (Å²) < 4.78 is 0. The number of nitrogens with two attached hydrogens (primary N) is 2. The Labute approximate surface area is 385 Å². The number of anilines is 3. The first-order valence-electron chi connectivity index (χ1n) is 24.0. The summed E-state index contributed by atoms with van der Waals surface area (Å²) in [7, 11) is 1.83. The van der Waals surface area contributed by atoms with Gasteiger partial charge in [-0.2, -0.15) is 9.97 Å². The number of nitrogens with zero attached hydrogens (tertiary/aromatic N) is 5. The highest BCUT2D eigenvalue weighted by molar-refractivity contribution is 5.98. The lowest BCUT2D eigenvalue weighted by Gasteiger charge is -2.22. The van der Waals surface area contributed by atoms with Gasteiger partial charge in [-0.1, -0.05) is 142 Å². The predicted molar refractivity (Wildman–Crippen MR) is 255 cm³/mol. The molecule has 17 heteroatoms. The van der Waals surface area contributed by atoms with Gasteiger partial charge in [0.1, 0.15) is 18.1 Å². The average molecular weight is 905 g/mol. The molecular formula is C48H76N10O7. The number of unbranched alkanes of at least 4 members (excludes halogenated alkanes) is 18. The average Bonchev–Trinajstić information content (AvgIpc) is 3.28. The molecule has 3 atom stereocenters. The molecule has 3 aromatic rings. The first kappa shape index (κ1) is 53.7. The number of benzene rings is 1. The molecule has 2 aromatic heterocycles. The van der Waals surface area contributed by atoms with E-state index in [0.717, 1.165) is 57.1 Å². The third-order valence-corrected chi connectivity index (χ3v) is 11.7. The van der Waals surface area contributed by atoms with E-state index in [4.69, 9.17) is 11.5 Å². The van der Waals surface area contributed by atoms with Crippen molar-refractivity contribution in [2.75, 3.05) is 23.4 Å². The highest BCUT2D eigenvalue weighted by Crippen LogP contribution is 2.20. The Hall–Kier alpha value is -5.61. The molecule has 0 aliphatic rings. The van der Waals surface area contributed by atoms with Crippen LogP contribution in [0, 0.1) is 0 Å². The standard InChI is InChI=1S/C48H76N10O7/c1-4-6-8-10-12-14-16-18-20-22-24-38(46(62)63)53-40(59)31-30-37(45(61)55-39(47(64)65)25-23-21-19-17-15-13-11-9-7-5-2)54-44(60)34-26-28-36(29-27-34)58(3)33-35-32-51-43-41(52-35)42(49)56-48(50)57-43/h26-29,32,37-39H,4-25,30-31,33H2,1-3H3,(H,53,59)(H,54,60)(H,55,61)(H,62,63)(H,64,65)(H4,49,50,51,56,57)/t37-,38-,39-/m0/s1. The molecule has 0 fully saturated rings. The second-order valence-electron chi connectivity index (χ2n) is 17.3. The fourth-order valence-corrected chi connectivity index (χ4v) is 7.77. The maximum atomic E-state index is 13.7. The van der Waals surface area contributed by atoms with Crippen LogP contribution in [0.2, 0.25) is 0 Å². The molecular weight excluding hydrogens is 829 g/mol. The second kappa shape index (κ2) is 30.5. The van der Waals surface area contributed by atoms with Crippen LogP contribution >= 0.6 is 0 Å². The Kier molecular flexibility index (Phi) is 25.2. The van der Waals surface area contributed by atoms with E-state index in [9.17, 15) is 34.2 Å². The summed E-state index contributed by atoms with van der Waals surface area (Å²) >= 11 is 0. The molecule has 0 saturated carbocycles. The van der Waals surface area contributed by atoms with Gasteiger partial charge in [0.15, 0.2) is 17.0 Å². The number of aliphatic carboxylic acids is 2. The van der Waals surface area contributed by atoms with Gasteiger partial charge in [0.05, 0.1) is 18.4 Å². The lowest BCUT2D eigenvalue weighted by Crippen LogP contribution is -2.52. The van der Waals surface area contributed by atoms with Crippen molar-refractivity contribution >= 4 is 58.3 Å². The van der Waals surface area contributed by atoms with Gasteiger partial charge in [0.25, 0.3) is 5.91 Å². The number of fused-ring (bicyclic) bond motifs is 1. The number of nitrogens with one attached hydrogen (secondary N) is 3. The van der Waals surface area contributed by atoms with Crippen LogP contribution in [0.1, 0.15) is 184 Å². The molecule has 0 saturated heterocycles. The van der Waals surface area contributed by atoms with Crippen molar-refractivity contribution in [2.45, 2.75) is 193 Å². The van der Waals surface area contributed by atoms with Crippen LogP contribution in [0.5, 0.6) is 0 Å². The highest BCUT2D eigenvalue weighted by atomic mass is 16.4. The zero-order chi connectivity index (χ0) is 47.4. The van der Waals surface area contributed by atoms with Crippen LogP contribution in [-0.2, 0) is 25.7 Å². The number of hydrogen-bond acceptors (Lipinski definition) is 12. The van der Waals surface area contributed by atoms with Gasteiger partial charge in [0.2, 0.25) is 17.8 Å². The zero-order valence-electron chi connectivity index (χ0n) is 39.1. The van der Waals surface area contributed by atoms with E-state index in [1.165, 1.54) is 64.2 Å². The van der Waals surface area contributed by atoms with Crippen molar-refractivity contribution in [2.24, 2.45) is 0 Å². The molecule has 17 nitrogen and oxygen atoms in total. The van der Waals surface area contributed by atoms with Crippen molar-refractivity contribution in [3.05, 3.63) is 41.7 Å². The minimum absolute atomic E-state index is 0.00122. The molecule has 0 radical (unpaired) electrons. The fraction of sp³-hybridized carbons (Fsp3) is 0.646. The van der Waals surface area contributed by atoms with Crippen LogP contribution in [0.4, 0.5) is 17.5 Å². The first-order valence-corrected chi connectivity index (χ1v) is 24.0. The predicted octanol–water partition coefficient (Wildman–Crippen LogP) is 7.86. The van der Waals surface area contributed by atoms with Crippen molar-refractivity contribution < 1.29 is 34.2 Å². The molecule has 360 valence electrons. The number of rotatable bonds is 35. The second-order valence-corrected chi connectivity index (χ2v) is 17.3. The Morgan fingerprint density at radius 2 is 1.11 bits per heavy atom. The molecule has 2 heterocycles. The Morgan fingerprint density at radius 1 is 0.615 bits per heavy atom. The molecule has 65 heavy (non-hydrogen) atoms. The van der Waals surface area contributed by atoms with Gasteiger partial charge in [-0.3, -0.25) is 14.4 Å². The molecule has 0 unspecified atom stereocenters. The van der Waals surface area contributed by atoms with Crippen LogP contribution in [0.15, 0.2) is 30.5 Å². The quantitative estimate of drug-likeness (QED) is 0.0277. The summed E-state index contributed by atoms with van der Waals surface area (Å²) in [5.74, 6) is -4.16. The lowest BCUT2D eigenvalue weighted by molar-refractivity contribution is -0.142. The molecule has 3 amide bonds. The van der Waals surface area contributed by atoms with Gasteiger partial charge in [-0.25, -0.2) is 19.6 Å². The number of hydrogen-bond donors (Lipinski definition) is 7. The third-order valence-electron chi connectivity index (χ3n) is 11.7. The number of carboxylic acids is 2. The Balaban J connectivity index is 1.62. The SMILES string of the molecule is CCCCCCCCCCCC[C@H](NC(=O)CC[C@H](NC(=O)c1ccc(N(C)Cc2cnc3nc(N)nc(N)c3n2)cc1)C(=O)N[C@@H](CCCCCCCCCCCC)C(=O)O)C(=O)O. The van der Waals surface area contributed by atoms with Crippen LogP contribution in [0.3, 0.4) is 0 Å². The number of amides is 3. The van der Waals surface area contributed by atoms with E-state index in [2.05, 4.69) is 49.7 Å². The smallest absolute Gasteiger partial charge is 0.326 e.